The Balaban J connectivity index is 2.68. The van der Waals surface area contributed by atoms with E-state index < -0.39 is 0 Å². The Labute approximate surface area is 102 Å². The van der Waals surface area contributed by atoms with Crippen LogP contribution in [0.3, 0.4) is 0 Å². The molecule has 0 atom stereocenters. The van der Waals surface area contributed by atoms with Crippen molar-refractivity contribution < 1.29 is 0 Å². The summed E-state index contributed by atoms with van der Waals surface area (Å²) in [6.07, 6.45) is 3.54. The first-order valence-corrected chi connectivity index (χ1v) is 5.85. The Morgan fingerprint density at radius 1 is 1.06 bits per heavy atom. The molecule has 0 aliphatic heterocycles. The molecule has 0 saturated heterocycles. The molecule has 0 radical (unpaired) electrons. The number of hydrogen-bond acceptors (Lipinski definition) is 3. The largest absolute Gasteiger partial charge is 0.257 e. The molecule has 0 aromatic carbocycles. The molecule has 0 N–H and O–H groups in total. The van der Waals surface area contributed by atoms with Crippen LogP contribution in [-0.2, 0) is 0 Å². The van der Waals surface area contributed by atoms with E-state index in [0.29, 0.717) is 5.92 Å². The van der Waals surface area contributed by atoms with Gasteiger partial charge in [-0.1, -0.05) is 13.8 Å². The van der Waals surface area contributed by atoms with Gasteiger partial charge >= 0.3 is 0 Å². The van der Waals surface area contributed by atoms with Crippen molar-refractivity contribution >= 4 is 0 Å². The summed E-state index contributed by atoms with van der Waals surface area (Å²) in [6, 6.07) is 3.91. The molecule has 0 saturated carbocycles. The fraction of sp³-hybridized carbons (Fsp3) is 0.357. The second-order valence-electron chi connectivity index (χ2n) is 4.57. The Hall–Kier alpha value is -1.77. The van der Waals surface area contributed by atoms with Gasteiger partial charge in [0.25, 0.3) is 0 Å². The predicted molar refractivity (Wildman–Crippen MR) is 68.8 cm³/mol. The molecular weight excluding hydrogens is 210 g/mol. The molecule has 3 nitrogen and oxygen atoms in total. The molecule has 0 unspecified atom stereocenters. The van der Waals surface area contributed by atoms with Gasteiger partial charge in [-0.3, -0.25) is 4.98 Å². The van der Waals surface area contributed by atoms with Crippen LogP contribution < -0.4 is 0 Å². The molecule has 2 aromatic rings. The molecule has 2 rings (SSSR count). The van der Waals surface area contributed by atoms with Gasteiger partial charge in [0.2, 0.25) is 0 Å². The fourth-order valence-corrected chi connectivity index (χ4v) is 2.00. The third kappa shape index (κ3) is 2.33. The van der Waals surface area contributed by atoms with Crippen molar-refractivity contribution in [2.45, 2.75) is 33.6 Å². The SMILES string of the molecule is Cc1cc(C)c(-c2ncccn2)c(C(C)C)n1. The molecule has 2 heterocycles. The topological polar surface area (TPSA) is 38.7 Å². The van der Waals surface area contributed by atoms with Crippen molar-refractivity contribution in [3.05, 3.63) is 41.5 Å². The predicted octanol–water partition coefficient (Wildman–Crippen LogP) is 3.28. The Morgan fingerprint density at radius 2 is 1.71 bits per heavy atom. The van der Waals surface area contributed by atoms with Gasteiger partial charge in [-0.25, -0.2) is 9.97 Å². The molecular formula is C14H17N3. The monoisotopic (exact) mass is 227 g/mol. The van der Waals surface area contributed by atoms with Gasteiger partial charge in [0.15, 0.2) is 5.82 Å². The van der Waals surface area contributed by atoms with Gasteiger partial charge in [-0.05, 0) is 37.5 Å². The van der Waals surface area contributed by atoms with Crippen LogP contribution in [0.1, 0.15) is 36.7 Å². The number of rotatable bonds is 2. The number of pyridine rings is 1. The zero-order chi connectivity index (χ0) is 12.4. The summed E-state index contributed by atoms with van der Waals surface area (Å²) < 4.78 is 0. The van der Waals surface area contributed by atoms with Crippen molar-refractivity contribution in [1.29, 1.82) is 0 Å². The highest BCUT2D eigenvalue weighted by molar-refractivity contribution is 5.63. The summed E-state index contributed by atoms with van der Waals surface area (Å²) in [5.74, 6) is 1.13. The summed E-state index contributed by atoms with van der Waals surface area (Å²) in [7, 11) is 0. The van der Waals surface area contributed by atoms with Crippen molar-refractivity contribution in [3.63, 3.8) is 0 Å². The van der Waals surface area contributed by atoms with Crippen molar-refractivity contribution in [1.82, 2.24) is 15.0 Å². The Morgan fingerprint density at radius 3 is 2.29 bits per heavy atom. The van der Waals surface area contributed by atoms with E-state index in [4.69, 9.17) is 0 Å². The third-order valence-corrected chi connectivity index (χ3v) is 2.71. The van der Waals surface area contributed by atoms with Crippen LogP contribution in [-0.4, -0.2) is 15.0 Å². The van der Waals surface area contributed by atoms with Crippen LogP contribution in [0.4, 0.5) is 0 Å². The van der Waals surface area contributed by atoms with E-state index >= 15 is 0 Å². The van der Waals surface area contributed by atoms with Crippen molar-refractivity contribution in [2.75, 3.05) is 0 Å². The lowest BCUT2D eigenvalue weighted by molar-refractivity contribution is 0.813. The van der Waals surface area contributed by atoms with Crippen LogP contribution in [0, 0.1) is 13.8 Å². The molecule has 17 heavy (non-hydrogen) atoms. The normalized spacial score (nSPS) is 10.9. The van der Waals surface area contributed by atoms with E-state index in [-0.39, 0.29) is 0 Å². The minimum atomic E-state index is 0.368. The van der Waals surface area contributed by atoms with Crippen LogP contribution in [0.25, 0.3) is 11.4 Å². The molecule has 3 heteroatoms. The minimum absolute atomic E-state index is 0.368. The smallest absolute Gasteiger partial charge is 0.161 e. The molecule has 88 valence electrons. The first-order chi connectivity index (χ1) is 8.09. The van der Waals surface area contributed by atoms with E-state index in [1.54, 1.807) is 12.4 Å². The molecule has 0 aliphatic rings. The molecule has 0 spiro atoms. The first-order valence-electron chi connectivity index (χ1n) is 5.85. The lowest BCUT2D eigenvalue weighted by Gasteiger charge is -2.14. The minimum Gasteiger partial charge on any atom is -0.257 e. The summed E-state index contributed by atoms with van der Waals surface area (Å²) >= 11 is 0. The van der Waals surface area contributed by atoms with Crippen molar-refractivity contribution in [3.8, 4) is 11.4 Å². The van der Waals surface area contributed by atoms with Gasteiger partial charge in [-0.2, -0.15) is 0 Å². The van der Waals surface area contributed by atoms with Crippen LogP contribution in [0.5, 0.6) is 0 Å². The Kier molecular flexibility index (Phi) is 3.18. The number of hydrogen-bond donors (Lipinski definition) is 0. The summed E-state index contributed by atoms with van der Waals surface area (Å²) in [6.45, 7) is 8.40. The lowest BCUT2D eigenvalue weighted by Crippen LogP contribution is -2.03. The molecule has 2 aromatic heterocycles. The van der Waals surface area contributed by atoms with Gasteiger partial charge in [0, 0.05) is 23.7 Å². The molecule has 0 aliphatic carbocycles. The zero-order valence-electron chi connectivity index (χ0n) is 10.7. The van der Waals surface area contributed by atoms with Crippen molar-refractivity contribution in [2.24, 2.45) is 0 Å². The maximum atomic E-state index is 4.63. The van der Waals surface area contributed by atoms with Gasteiger partial charge in [0.1, 0.15) is 0 Å². The van der Waals surface area contributed by atoms with E-state index in [1.807, 2.05) is 13.0 Å². The highest BCUT2D eigenvalue weighted by Crippen LogP contribution is 2.28. The number of nitrogens with zero attached hydrogens (tertiary/aromatic N) is 3. The fourth-order valence-electron chi connectivity index (χ4n) is 2.00. The number of aryl methyl sites for hydroxylation is 2. The zero-order valence-corrected chi connectivity index (χ0v) is 10.7. The van der Waals surface area contributed by atoms with Gasteiger partial charge < -0.3 is 0 Å². The summed E-state index contributed by atoms with van der Waals surface area (Å²) in [4.78, 5) is 13.3. The van der Waals surface area contributed by atoms with Gasteiger partial charge in [-0.15, -0.1) is 0 Å². The van der Waals surface area contributed by atoms with E-state index in [2.05, 4.69) is 41.8 Å². The van der Waals surface area contributed by atoms with Gasteiger partial charge in [0.05, 0.1) is 5.69 Å². The van der Waals surface area contributed by atoms with E-state index in [1.165, 1.54) is 5.56 Å². The summed E-state index contributed by atoms with van der Waals surface area (Å²) in [5.41, 5.74) is 4.39. The van der Waals surface area contributed by atoms with E-state index in [0.717, 1.165) is 22.8 Å². The van der Waals surface area contributed by atoms with Crippen LogP contribution in [0.2, 0.25) is 0 Å². The second kappa shape index (κ2) is 4.62. The highest BCUT2D eigenvalue weighted by Gasteiger charge is 2.15. The maximum Gasteiger partial charge on any atom is 0.161 e. The molecule has 0 amide bonds. The summed E-state index contributed by atoms with van der Waals surface area (Å²) in [5, 5.41) is 0. The maximum absolute atomic E-state index is 4.63. The average molecular weight is 227 g/mol. The second-order valence-corrected chi connectivity index (χ2v) is 4.57. The first kappa shape index (κ1) is 11.7. The third-order valence-electron chi connectivity index (χ3n) is 2.71. The quantitative estimate of drug-likeness (QED) is 0.790. The molecule has 0 bridgehead atoms. The Bertz CT molecular complexity index is 518. The van der Waals surface area contributed by atoms with E-state index in [9.17, 15) is 0 Å². The lowest BCUT2D eigenvalue weighted by atomic mass is 9.98. The molecule has 0 fully saturated rings. The standard InChI is InChI=1S/C14H17N3/c1-9(2)13-12(10(3)8-11(4)17-13)14-15-6-5-7-16-14/h5-9H,1-4H3. The highest BCUT2D eigenvalue weighted by atomic mass is 14.9. The average Bonchev–Trinajstić information content (AvgIpc) is 2.29. The number of aromatic nitrogens is 3. The van der Waals surface area contributed by atoms with Crippen LogP contribution >= 0.6 is 0 Å². The van der Waals surface area contributed by atoms with Crippen LogP contribution in [0.15, 0.2) is 24.5 Å².